The van der Waals surface area contributed by atoms with Crippen molar-refractivity contribution in [1.29, 1.82) is 5.26 Å². The van der Waals surface area contributed by atoms with Gasteiger partial charge in [-0.2, -0.15) is 5.26 Å². The number of nitriles is 1. The Bertz CT molecular complexity index is 1010. The fourth-order valence-corrected chi connectivity index (χ4v) is 4.92. The molecule has 3 rings (SSSR count). The predicted molar refractivity (Wildman–Crippen MR) is 143 cm³/mol. The quantitative estimate of drug-likeness (QED) is 0.265. The van der Waals surface area contributed by atoms with Crippen molar-refractivity contribution in [2.75, 3.05) is 32.8 Å². The number of hydrogen-bond donors (Lipinski definition) is 3. The van der Waals surface area contributed by atoms with E-state index < -0.39 is 30.8 Å². The van der Waals surface area contributed by atoms with Gasteiger partial charge in [-0.05, 0) is 58.1 Å². The molecule has 206 valence electrons. The van der Waals surface area contributed by atoms with E-state index in [2.05, 4.69) is 16.3 Å². The highest BCUT2D eigenvalue weighted by Crippen LogP contribution is 2.23. The molecule has 3 atom stereocenters. The maximum absolute atomic E-state index is 13.4. The number of morpholine rings is 1. The Balaban J connectivity index is 1.63. The standard InChI is InChI=1S/C27H39BN4O6/c1-20-18-32(13-14-37-20)27(2,3)16-22(17-29)25(33)31-12-8-7-11-23(19-31)38-26(34)30-24(28(35)36)15-21-9-5-4-6-10-21/h4-6,9-10,16,20,23-24,35-36H,7-8,11-15,18-19H2,1-3H3,(H,30,34)/t20-,23-,24+/m1/s1. The van der Waals surface area contributed by atoms with Crippen LogP contribution in [0.25, 0.3) is 0 Å². The Morgan fingerprint density at radius 3 is 2.66 bits per heavy atom. The van der Waals surface area contributed by atoms with E-state index in [1.807, 2.05) is 51.1 Å². The second kappa shape index (κ2) is 13.8. The van der Waals surface area contributed by atoms with Crippen LogP contribution in [0.3, 0.4) is 0 Å². The van der Waals surface area contributed by atoms with Crippen LogP contribution in [0.4, 0.5) is 4.79 Å². The van der Waals surface area contributed by atoms with E-state index >= 15 is 0 Å². The lowest BCUT2D eigenvalue weighted by atomic mass is 9.76. The van der Waals surface area contributed by atoms with E-state index in [1.165, 1.54) is 0 Å². The molecule has 10 nitrogen and oxygen atoms in total. The Morgan fingerprint density at radius 1 is 1.26 bits per heavy atom. The van der Waals surface area contributed by atoms with Crippen LogP contribution in [-0.2, 0) is 20.7 Å². The summed E-state index contributed by atoms with van der Waals surface area (Å²) in [5.74, 6) is -1.34. The summed E-state index contributed by atoms with van der Waals surface area (Å²) in [4.78, 5) is 29.8. The van der Waals surface area contributed by atoms with Crippen LogP contribution >= 0.6 is 0 Å². The number of amides is 2. The number of alkyl carbamates (subject to hydrolysis) is 1. The summed E-state index contributed by atoms with van der Waals surface area (Å²) in [5, 5.41) is 31.9. The Hall–Kier alpha value is -2.91. The zero-order chi connectivity index (χ0) is 27.7. The van der Waals surface area contributed by atoms with E-state index in [0.717, 1.165) is 18.4 Å². The van der Waals surface area contributed by atoms with Gasteiger partial charge in [-0.3, -0.25) is 9.69 Å². The van der Waals surface area contributed by atoms with Gasteiger partial charge in [0.15, 0.2) is 0 Å². The maximum Gasteiger partial charge on any atom is 0.475 e. The second-order valence-corrected chi connectivity index (χ2v) is 10.6. The molecular formula is C27H39BN4O6. The van der Waals surface area contributed by atoms with Crippen molar-refractivity contribution in [2.45, 2.75) is 70.1 Å². The molecule has 0 aliphatic carbocycles. The molecule has 1 aromatic rings. The minimum atomic E-state index is -1.77. The lowest BCUT2D eigenvalue weighted by Crippen LogP contribution is -2.51. The predicted octanol–water partition coefficient (Wildman–Crippen LogP) is 1.67. The number of carbonyl (C=O) groups excluding carboxylic acids is 2. The molecule has 38 heavy (non-hydrogen) atoms. The molecule has 0 aromatic heterocycles. The average molecular weight is 526 g/mol. The molecule has 0 radical (unpaired) electrons. The molecule has 1 aromatic carbocycles. The van der Waals surface area contributed by atoms with E-state index in [4.69, 9.17) is 9.47 Å². The second-order valence-electron chi connectivity index (χ2n) is 10.6. The van der Waals surface area contributed by atoms with Crippen molar-refractivity contribution >= 4 is 19.1 Å². The van der Waals surface area contributed by atoms with Gasteiger partial charge in [0.25, 0.3) is 5.91 Å². The highest BCUT2D eigenvalue weighted by atomic mass is 16.6. The summed E-state index contributed by atoms with van der Waals surface area (Å²) in [6.45, 7) is 8.60. The van der Waals surface area contributed by atoms with Gasteiger partial charge in [0.1, 0.15) is 17.7 Å². The van der Waals surface area contributed by atoms with Crippen molar-refractivity contribution in [2.24, 2.45) is 0 Å². The lowest BCUT2D eigenvalue weighted by molar-refractivity contribution is -0.127. The van der Waals surface area contributed by atoms with Gasteiger partial charge >= 0.3 is 13.2 Å². The Kier molecular flexibility index (Phi) is 10.7. The first kappa shape index (κ1) is 29.6. The molecule has 2 aliphatic rings. The topological polar surface area (TPSA) is 135 Å². The first-order valence-corrected chi connectivity index (χ1v) is 13.2. The van der Waals surface area contributed by atoms with Crippen molar-refractivity contribution in [1.82, 2.24) is 15.1 Å². The normalized spacial score (nSPS) is 22.1. The monoisotopic (exact) mass is 526 g/mol. The number of likely N-dealkylation sites (tertiary alicyclic amines) is 1. The number of benzene rings is 1. The van der Waals surface area contributed by atoms with Crippen LogP contribution in [0.15, 0.2) is 42.0 Å². The smallest absolute Gasteiger partial charge is 0.444 e. The van der Waals surface area contributed by atoms with Gasteiger partial charge in [-0.1, -0.05) is 30.3 Å². The highest BCUT2D eigenvalue weighted by molar-refractivity contribution is 6.43. The number of nitrogens with zero attached hydrogens (tertiary/aromatic N) is 3. The van der Waals surface area contributed by atoms with Crippen molar-refractivity contribution in [3.63, 3.8) is 0 Å². The maximum atomic E-state index is 13.4. The molecule has 2 amide bonds. The molecular weight excluding hydrogens is 487 g/mol. The lowest BCUT2D eigenvalue weighted by Gasteiger charge is -2.41. The first-order valence-electron chi connectivity index (χ1n) is 13.2. The third-order valence-electron chi connectivity index (χ3n) is 7.06. The van der Waals surface area contributed by atoms with Gasteiger partial charge in [0, 0.05) is 25.2 Å². The summed E-state index contributed by atoms with van der Waals surface area (Å²) < 4.78 is 11.2. The van der Waals surface area contributed by atoms with Crippen LogP contribution in [0.1, 0.15) is 45.6 Å². The Morgan fingerprint density at radius 2 is 2.00 bits per heavy atom. The summed E-state index contributed by atoms with van der Waals surface area (Å²) in [6, 6.07) is 11.3. The molecule has 2 fully saturated rings. The third-order valence-corrected chi connectivity index (χ3v) is 7.06. The number of nitrogens with one attached hydrogen (secondary N) is 1. The third kappa shape index (κ3) is 8.56. The fraction of sp³-hybridized carbons (Fsp3) is 0.593. The van der Waals surface area contributed by atoms with Crippen molar-refractivity contribution in [3.8, 4) is 6.07 Å². The van der Waals surface area contributed by atoms with Gasteiger partial charge < -0.3 is 29.7 Å². The SMILES string of the molecule is C[C@@H]1CN(C(C)(C)C=C(C#N)C(=O)N2CCCC[C@@H](OC(=O)N[C@@H](Cc3ccccc3)B(O)O)C2)CCO1. The van der Waals surface area contributed by atoms with Crippen LogP contribution in [-0.4, -0.2) is 95.4 Å². The highest BCUT2D eigenvalue weighted by Gasteiger charge is 2.33. The molecule has 2 aliphatic heterocycles. The Labute approximate surface area is 225 Å². The van der Waals surface area contributed by atoms with Crippen LogP contribution < -0.4 is 5.32 Å². The van der Waals surface area contributed by atoms with Crippen LogP contribution in [0.2, 0.25) is 0 Å². The van der Waals surface area contributed by atoms with Crippen LogP contribution in [0.5, 0.6) is 0 Å². The molecule has 0 bridgehead atoms. The number of hydrogen-bond acceptors (Lipinski definition) is 8. The molecule has 0 saturated carbocycles. The number of carbonyl (C=O) groups is 2. The van der Waals surface area contributed by atoms with E-state index in [9.17, 15) is 24.9 Å². The van der Waals surface area contributed by atoms with Crippen molar-refractivity contribution in [3.05, 3.63) is 47.5 Å². The number of ether oxygens (including phenoxy) is 2. The summed E-state index contributed by atoms with van der Waals surface area (Å²) in [5.41, 5.74) is 0.382. The molecule has 11 heteroatoms. The van der Waals surface area contributed by atoms with E-state index in [-0.39, 0.29) is 30.5 Å². The number of rotatable bonds is 8. The molecule has 3 N–H and O–H groups in total. The van der Waals surface area contributed by atoms with Crippen molar-refractivity contribution < 1.29 is 29.1 Å². The summed E-state index contributed by atoms with van der Waals surface area (Å²) in [6.07, 6.45) is 2.69. The molecule has 2 heterocycles. The summed E-state index contributed by atoms with van der Waals surface area (Å²) >= 11 is 0. The first-order chi connectivity index (χ1) is 18.1. The van der Waals surface area contributed by atoms with Gasteiger partial charge in [0.2, 0.25) is 0 Å². The van der Waals surface area contributed by atoms with Crippen LogP contribution in [0, 0.1) is 11.3 Å². The molecule has 2 saturated heterocycles. The zero-order valence-electron chi connectivity index (χ0n) is 22.5. The average Bonchev–Trinajstić information content (AvgIpc) is 3.12. The van der Waals surface area contributed by atoms with Gasteiger partial charge in [-0.15, -0.1) is 0 Å². The molecule has 0 unspecified atom stereocenters. The minimum Gasteiger partial charge on any atom is -0.444 e. The molecule has 0 spiro atoms. The van der Waals surface area contributed by atoms with Gasteiger partial charge in [-0.25, -0.2) is 4.79 Å². The zero-order valence-corrected chi connectivity index (χ0v) is 22.5. The van der Waals surface area contributed by atoms with Gasteiger partial charge in [0.05, 0.1) is 25.2 Å². The largest absolute Gasteiger partial charge is 0.475 e. The summed E-state index contributed by atoms with van der Waals surface area (Å²) in [7, 11) is -1.77. The minimum absolute atomic E-state index is 0.0607. The fourth-order valence-electron chi connectivity index (χ4n) is 4.92. The van der Waals surface area contributed by atoms with E-state index in [1.54, 1.807) is 11.0 Å². The van der Waals surface area contributed by atoms with E-state index in [0.29, 0.717) is 32.7 Å².